The van der Waals surface area contributed by atoms with Crippen LogP contribution in [-0.4, -0.2) is 60.4 Å². The normalized spacial score (nSPS) is 32.2. The van der Waals surface area contributed by atoms with Crippen LogP contribution in [0.4, 0.5) is 5.82 Å². The SMILES string of the molecule is O[C@@H](COc1ccc(C23CC4CC(CC(C4)C2)C3)cc1)CN1CCN(c2ccccn2)CC1. The highest BCUT2D eigenvalue weighted by molar-refractivity contribution is 5.38. The van der Waals surface area contributed by atoms with E-state index < -0.39 is 6.10 Å². The summed E-state index contributed by atoms with van der Waals surface area (Å²) in [5, 5.41) is 10.6. The molecular weight excluding hydrogens is 410 g/mol. The number of aromatic nitrogens is 1. The van der Waals surface area contributed by atoms with E-state index in [9.17, 15) is 5.11 Å². The third-order valence-corrected chi connectivity index (χ3v) is 8.76. The van der Waals surface area contributed by atoms with Gasteiger partial charge in [0.15, 0.2) is 0 Å². The molecule has 4 bridgehead atoms. The number of ether oxygens (including phenoxy) is 1. The molecule has 0 radical (unpaired) electrons. The van der Waals surface area contributed by atoms with Crippen LogP contribution in [0.15, 0.2) is 48.7 Å². The second kappa shape index (κ2) is 8.92. The Balaban J connectivity index is 0.980. The van der Waals surface area contributed by atoms with E-state index in [4.69, 9.17) is 4.74 Å². The van der Waals surface area contributed by atoms with Crippen molar-refractivity contribution in [3.8, 4) is 5.75 Å². The van der Waals surface area contributed by atoms with Gasteiger partial charge in [-0.2, -0.15) is 0 Å². The summed E-state index contributed by atoms with van der Waals surface area (Å²) < 4.78 is 5.98. The van der Waals surface area contributed by atoms with Crippen LogP contribution in [0, 0.1) is 17.8 Å². The predicted molar refractivity (Wildman–Crippen MR) is 131 cm³/mol. The number of nitrogens with zero attached hydrogens (tertiary/aromatic N) is 3. The van der Waals surface area contributed by atoms with Crippen LogP contribution in [0.3, 0.4) is 0 Å². The lowest BCUT2D eigenvalue weighted by Gasteiger charge is -2.57. The number of pyridine rings is 1. The Hall–Kier alpha value is -2.11. The number of hydrogen-bond donors (Lipinski definition) is 1. The van der Waals surface area contributed by atoms with Gasteiger partial charge in [-0.05, 0) is 91.5 Å². The Morgan fingerprint density at radius 3 is 2.18 bits per heavy atom. The Labute approximate surface area is 197 Å². The Morgan fingerprint density at radius 2 is 1.58 bits per heavy atom. The van der Waals surface area contributed by atoms with E-state index >= 15 is 0 Å². The highest BCUT2D eigenvalue weighted by atomic mass is 16.5. The quantitative estimate of drug-likeness (QED) is 0.692. The third-order valence-electron chi connectivity index (χ3n) is 8.76. The molecule has 1 N–H and O–H groups in total. The van der Waals surface area contributed by atoms with E-state index in [-0.39, 0.29) is 0 Å². The summed E-state index contributed by atoms with van der Waals surface area (Å²) in [5.74, 6) is 4.81. The average molecular weight is 448 g/mol. The molecule has 4 aliphatic carbocycles. The van der Waals surface area contributed by atoms with Gasteiger partial charge in [0.1, 0.15) is 24.3 Å². The first-order chi connectivity index (χ1) is 16.1. The smallest absolute Gasteiger partial charge is 0.128 e. The lowest BCUT2D eigenvalue weighted by Crippen LogP contribution is -2.49. The minimum Gasteiger partial charge on any atom is -0.491 e. The highest BCUT2D eigenvalue weighted by Gasteiger charge is 2.51. The number of anilines is 1. The molecule has 7 rings (SSSR count). The molecule has 2 heterocycles. The van der Waals surface area contributed by atoms with E-state index in [1.54, 1.807) is 0 Å². The topological polar surface area (TPSA) is 48.8 Å². The van der Waals surface area contributed by atoms with Crippen LogP contribution in [0.1, 0.15) is 44.1 Å². The Bertz CT molecular complexity index is 889. The van der Waals surface area contributed by atoms with Crippen LogP contribution in [0.25, 0.3) is 0 Å². The fourth-order valence-electron chi connectivity index (χ4n) is 7.61. The average Bonchev–Trinajstić information content (AvgIpc) is 2.83. The minimum atomic E-state index is -0.478. The first-order valence-corrected chi connectivity index (χ1v) is 12.9. The highest BCUT2D eigenvalue weighted by Crippen LogP contribution is 2.60. The fourth-order valence-corrected chi connectivity index (χ4v) is 7.61. The molecule has 0 spiro atoms. The number of benzene rings is 1. The van der Waals surface area contributed by atoms with Gasteiger partial charge >= 0.3 is 0 Å². The first kappa shape index (κ1) is 21.4. The zero-order chi connectivity index (χ0) is 22.3. The molecule has 5 heteroatoms. The molecule has 1 aliphatic heterocycles. The molecule has 5 nitrogen and oxygen atoms in total. The number of piperazine rings is 1. The molecule has 33 heavy (non-hydrogen) atoms. The number of hydrogen-bond acceptors (Lipinski definition) is 5. The molecule has 176 valence electrons. The van der Waals surface area contributed by atoms with E-state index in [1.807, 2.05) is 18.3 Å². The summed E-state index contributed by atoms with van der Waals surface area (Å²) in [5.41, 5.74) is 1.96. The van der Waals surface area contributed by atoms with Gasteiger partial charge in [-0.25, -0.2) is 4.98 Å². The number of aliphatic hydroxyl groups excluding tert-OH is 1. The summed E-state index contributed by atoms with van der Waals surface area (Å²) in [4.78, 5) is 9.08. The first-order valence-electron chi connectivity index (χ1n) is 12.9. The molecule has 5 fully saturated rings. The van der Waals surface area contributed by atoms with Crippen LogP contribution in [-0.2, 0) is 5.41 Å². The van der Waals surface area contributed by atoms with Crippen molar-refractivity contribution in [2.75, 3.05) is 44.2 Å². The number of β-amino-alcohol motifs (C(OH)–C–C–N with tert-alkyl or cyclic N) is 1. The van der Waals surface area contributed by atoms with Crippen LogP contribution >= 0.6 is 0 Å². The van der Waals surface area contributed by atoms with Gasteiger partial charge in [0.25, 0.3) is 0 Å². The summed E-state index contributed by atoms with van der Waals surface area (Å²) in [7, 11) is 0. The van der Waals surface area contributed by atoms with E-state index in [0.29, 0.717) is 18.6 Å². The second-order valence-electron chi connectivity index (χ2n) is 11.2. The fraction of sp³-hybridized carbons (Fsp3) is 0.607. The van der Waals surface area contributed by atoms with Crippen molar-refractivity contribution in [1.29, 1.82) is 0 Å². The van der Waals surface area contributed by atoms with Crippen molar-refractivity contribution >= 4 is 5.82 Å². The van der Waals surface area contributed by atoms with Crippen LogP contribution < -0.4 is 9.64 Å². The maximum absolute atomic E-state index is 10.6. The Kier molecular flexibility index (Phi) is 5.79. The van der Waals surface area contributed by atoms with Crippen molar-refractivity contribution < 1.29 is 9.84 Å². The largest absolute Gasteiger partial charge is 0.491 e. The predicted octanol–water partition coefficient (Wildman–Crippen LogP) is 4.11. The summed E-state index contributed by atoms with van der Waals surface area (Å²) in [6.07, 6.45) is 10.00. The number of aliphatic hydroxyl groups is 1. The lowest BCUT2D eigenvalue weighted by molar-refractivity contribution is -0.00522. The summed E-state index contributed by atoms with van der Waals surface area (Å²) in [6.45, 7) is 4.76. The third kappa shape index (κ3) is 4.50. The van der Waals surface area contributed by atoms with Crippen LogP contribution in [0.5, 0.6) is 5.75 Å². The summed E-state index contributed by atoms with van der Waals surface area (Å²) >= 11 is 0. The monoisotopic (exact) mass is 447 g/mol. The van der Waals surface area contributed by atoms with Crippen molar-refractivity contribution in [2.24, 2.45) is 17.8 Å². The molecule has 4 saturated carbocycles. The van der Waals surface area contributed by atoms with Gasteiger partial charge in [0, 0.05) is 38.9 Å². The van der Waals surface area contributed by atoms with Gasteiger partial charge in [0.2, 0.25) is 0 Å². The van der Waals surface area contributed by atoms with E-state index in [1.165, 1.54) is 44.1 Å². The maximum atomic E-state index is 10.6. The Morgan fingerprint density at radius 1 is 0.909 bits per heavy atom. The van der Waals surface area contributed by atoms with Crippen molar-refractivity contribution in [1.82, 2.24) is 9.88 Å². The molecule has 1 saturated heterocycles. The van der Waals surface area contributed by atoms with Gasteiger partial charge in [0.05, 0.1) is 0 Å². The van der Waals surface area contributed by atoms with Crippen molar-refractivity contribution in [2.45, 2.75) is 50.0 Å². The van der Waals surface area contributed by atoms with Crippen molar-refractivity contribution in [3.63, 3.8) is 0 Å². The van der Waals surface area contributed by atoms with Gasteiger partial charge in [-0.15, -0.1) is 0 Å². The van der Waals surface area contributed by atoms with Gasteiger partial charge in [-0.1, -0.05) is 18.2 Å². The standard InChI is InChI=1S/C28H37N3O2/c32-25(19-30-9-11-31(12-10-30)27-3-1-2-8-29-27)20-33-26-6-4-24(5-7-26)28-16-21-13-22(17-28)15-23(14-21)18-28/h1-8,21-23,25,32H,9-20H2/t21?,22?,23?,25-,28?/m1/s1. The second-order valence-corrected chi connectivity index (χ2v) is 11.2. The van der Waals surface area contributed by atoms with Gasteiger partial charge < -0.3 is 14.7 Å². The maximum Gasteiger partial charge on any atom is 0.128 e. The van der Waals surface area contributed by atoms with Crippen molar-refractivity contribution in [3.05, 3.63) is 54.2 Å². The molecule has 5 aliphatic rings. The molecule has 1 aromatic carbocycles. The number of rotatable bonds is 7. The lowest BCUT2D eigenvalue weighted by atomic mass is 9.48. The molecule has 0 unspecified atom stereocenters. The zero-order valence-electron chi connectivity index (χ0n) is 19.6. The molecular formula is C28H37N3O2. The molecule has 1 aromatic heterocycles. The zero-order valence-corrected chi connectivity index (χ0v) is 19.6. The molecule has 2 aromatic rings. The summed E-state index contributed by atoms with van der Waals surface area (Å²) in [6, 6.07) is 14.9. The minimum absolute atomic E-state index is 0.344. The molecule has 1 atom stereocenters. The van der Waals surface area contributed by atoms with E-state index in [0.717, 1.165) is 55.5 Å². The van der Waals surface area contributed by atoms with Gasteiger partial charge in [-0.3, -0.25) is 4.90 Å². The van der Waals surface area contributed by atoms with Crippen LogP contribution in [0.2, 0.25) is 0 Å². The molecule has 0 amide bonds. The van der Waals surface area contributed by atoms with E-state index in [2.05, 4.69) is 45.1 Å².